The van der Waals surface area contributed by atoms with Crippen LogP contribution in [0.4, 0.5) is 5.69 Å². The second-order valence-corrected chi connectivity index (χ2v) is 3.53. The van der Waals surface area contributed by atoms with Gasteiger partial charge in [0.05, 0.1) is 11.9 Å². The lowest BCUT2D eigenvalue weighted by Crippen LogP contribution is -2.06. The van der Waals surface area contributed by atoms with E-state index >= 15 is 0 Å². The molecule has 0 aliphatic heterocycles. The Hall–Kier alpha value is -0.970. The number of aromatic nitrogens is 2. The van der Waals surface area contributed by atoms with Gasteiger partial charge in [0.25, 0.3) is 0 Å². The van der Waals surface area contributed by atoms with E-state index in [-0.39, 0.29) is 5.12 Å². The first kappa shape index (κ1) is 9.12. The summed E-state index contributed by atoms with van der Waals surface area (Å²) in [5.41, 5.74) is 6.49. The maximum Gasteiger partial charge on any atom is 0.239 e. The molecule has 0 saturated carbocycles. The number of nitrogens with zero attached hydrogens (tertiary/aromatic N) is 2. The van der Waals surface area contributed by atoms with E-state index in [2.05, 4.69) is 5.10 Å². The summed E-state index contributed by atoms with van der Waals surface area (Å²) in [6, 6.07) is 0. The molecule has 0 radical (unpaired) electrons. The van der Waals surface area contributed by atoms with Gasteiger partial charge >= 0.3 is 0 Å². The predicted octanol–water partition coefficient (Wildman–Crippen LogP) is 0.896. The monoisotopic (exact) mass is 185 g/mol. The fraction of sp³-hybridized carbons (Fsp3) is 0.429. The highest BCUT2D eigenvalue weighted by atomic mass is 32.2. The third-order valence-electron chi connectivity index (χ3n) is 1.44. The number of thioether (sulfide) groups is 1. The van der Waals surface area contributed by atoms with Gasteiger partial charge in [0.15, 0.2) is 0 Å². The summed E-state index contributed by atoms with van der Waals surface area (Å²) in [5, 5.41) is 3.86. The Morgan fingerprint density at radius 3 is 2.92 bits per heavy atom. The van der Waals surface area contributed by atoms with Gasteiger partial charge in [-0.15, -0.1) is 0 Å². The molecule has 0 saturated heterocycles. The van der Waals surface area contributed by atoms with Gasteiger partial charge in [-0.05, 0) is 5.75 Å². The van der Waals surface area contributed by atoms with E-state index in [0.29, 0.717) is 11.4 Å². The van der Waals surface area contributed by atoms with Gasteiger partial charge in [-0.3, -0.25) is 9.48 Å². The molecule has 1 rings (SSSR count). The fourth-order valence-electron chi connectivity index (χ4n) is 0.904. The Morgan fingerprint density at radius 1 is 1.83 bits per heavy atom. The minimum atomic E-state index is -0.0185. The van der Waals surface area contributed by atoms with Crippen molar-refractivity contribution in [1.82, 2.24) is 9.78 Å². The zero-order valence-electron chi connectivity index (χ0n) is 7.07. The smallest absolute Gasteiger partial charge is 0.239 e. The lowest BCUT2D eigenvalue weighted by atomic mass is 10.4. The number of carbonyl (C=O) groups excluding carboxylic acids is 1. The van der Waals surface area contributed by atoms with Crippen molar-refractivity contribution >= 4 is 22.6 Å². The van der Waals surface area contributed by atoms with Gasteiger partial charge < -0.3 is 5.73 Å². The molecule has 4 nitrogen and oxygen atoms in total. The molecule has 0 bridgehead atoms. The zero-order chi connectivity index (χ0) is 9.14. The molecule has 0 aliphatic rings. The predicted molar refractivity (Wildman–Crippen MR) is 50.1 cm³/mol. The van der Waals surface area contributed by atoms with Gasteiger partial charge in [-0.1, -0.05) is 18.7 Å². The molecule has 0 aromatic carbocycles. The van der Waals surface area contributed by atoms with E-state index in [1.54, 1.807) is 7.05 Å². The van der Waals surface area contributed by atoms with Gasteiger partial charge in [0.2, 0.25) is 5.12 Å². The van der Waals surface area contributed by atoms with Crippen LogP contribution in [0.2, 0.25) is 0 Å². The van der Waals surface area contributed by atoms with Gasteiger partial charge in [0.1, 0.15) is 5.69 Å². The molecule has 0 unspecified atom stereocenters. The van der Waals surface area contributed by atoms with Crippen molar-refractivity contribution in [2.75, 3.05) is 11.5 Å². The quantitative estimate of drug-likeness (QED) is 0.743. The maximum atomic E-state index is 11.4. The third kappa shape index (κ3) is 1.61. The minimum Gasteiger partial charge on any atom is -0.396 e. The first-order valence-electron chi connectivity index (χ1n) is 3.61. The topological polar surface area (TPSA) is 60.9 Å². The second-order valence-electron chi connectivity index (χ2n) is 2.29. The fourth-order valence-corrected chi connectivity index (χ4v) is 1.55. The second kappa shape index (κ2) is 3.62. The third-order valence-corrected chi connectivity index (χ3v) is 2.18. The van der Waals surface area contributed by atoms with E-state index < -0.39 is 0 Å². The molecule has 5 heteroatoms. The number of anilines is 1. The van der Waals surface area contributed by atoms with Crippen molar-refractivity contribution in [3.63, 3.8) is 0 Å². The summed E-state index contributed by atoms with van der Waals surface area (Å²) in [6.07, 6.45) is 1.49. The summed E-state index contributed by atoms with van der Waals surface area (Å²) in [6.45, 7) is 1.93. The number of carbonyl (C=O) groups is 1. The number of aryl methyl sites for hydroxylation is 1. The van der Waals surface area contributed by atoms with Crippen molar-refractivity contribution in [1.29, 1.82) is 0 Å². The summed E-state index contributed by atoms with van der Waals surface area (Å²) >= 11 is 1.24. The Kier molecular flexibility index (Phi) is 2.75. The van der Waals surface area contributed by atoms with Crippen LogP contribution in [0.5, 0.6) is 0 Å². The summed E-state index contributed by atoms with van der Waals surface area (Å²) in [7, 11) is 1.71. The van der Waals surface area contributed by atoms with Gasteiger partial charge in [-0.2, -0.15) is 5.10 Å². The molecule has 66 valence electrons. The number of rotatable bonds is 2. The Labute approximate surface area is 75.1 Å². The van der Waals surface area contributed by atoms with Crippen LogP contribution in [0.15, 0.2) is 6.20 Å². The van der Waals surface area contributed by atoms with E-state index in [4.69, 9.17) is 5.73 Å². The average Bonchev–Trinajstić information content (AvgIpc) is 2.32. The molecular formula is C7H11N3OS. The van der Waals surface area contributed by atoms with Crippen molar-refractivity contribution < 1.29 is 4.79 Å². The van der Waals surface area contributed by atoms with E-state index in [0.717, 1.165) is 5.75 Å². The van der Waals surface area contributed by atoms with Crippen molar-refractivity contribution in [2.24, 2.45) is 7.05 Å². The highest BCUT2D eigenvalue weighted by molar-refractivity contribution is 8.14. The highest BCUT2D eigenvalue weighted by Crippen LogP contribution is 2.16. The SMILES string of the molecule is CCSC(=O)c1c(N)cnn1C. The van der Waals surface area contributed by atoms with Crippen molar-refractivity contribution in [3.8, 4) is 0 Å². The molecule has 0 fully saturated rings. The number of hydrogen-bond acceptors (Lipinski definition) is 4. The largest absolute Gasteiger partial charge is 0.396 e. The number of nitrogens with two attached hydrogens (primary N) is 1. The first-order chi connectivity index (χ1) is 5.66. The molecule has 0 atom stereocenters. The van der Waals surface area contributed by atoms with Crippen LogP contribution in [0, 0.1) is 0 Å². The van der Waals surface area contributed by atoms with Crippen LogP contribution in [0.3, 0.4) is 0 Å². The van der Waals surface area contributed by atoms with Crippen molar-refractivity contribution in [2.45, 2.75) is 6.92 Å². The van der Waals surface area contributed by atoms with Crippen LogP contribution in [-0.4, -0.2) is 20.6 Å². The Morgan fingerprint density at radius 2 is 2.50 bits per heavy atom. The molecule has 0 spiro atoms. The molecular weight excluding hydrogens is 174 g/mol. The van der Waals surface area contributed by atoms with E-state index in [1.165, 1.54) is 22.6 Å². The average molecular weight is 185 g/mol. The summed E-state index contributed by atoms with van der Waals surface area (Å²) in [5.74, 6) is 0.753. The number of hydrogen-bond donors (Lipinski definition) is 1. The lowest BCUT2D eigenvalue weighted by molar-refractivity contribution is 0.108. The molecule has 1 heterocycles. The highest BCUT2D eigenvalue weighted by Gasteiger charge is 2.13. The molecule has 0 aliphatic carbocycles. The minimum absolute atomic E-state index is 0.0185. The number of nitrogen functional groups attached to an aromatic ring is 1. The van der Waals surface area contributed by atoms with E-state index in [1.807, 2.05) is 6.92 Å². The van der Waals surface area contributed by atoms with Crippen LogP contribution in [-0.2, 0) is 7.05 Å². The zero-order valence-corrected chi connectivity index (χ0v) is 7.89. The van der Waals surface area contributed by atoms with Crippen molar-refractivity contribution in [3.05, 3.63) is 11.9 Å². The van der Waals surface area contributed by atoms with Crippen LogP contribution >= 0.6 is 11.8 Å². The van der Waals surface area contributed by atoms with E-state index in [9.17, 15) is 4.79 Å². The summed E-state index contributed by atoms with van der Waals surface area (Å²) in [4.78, 5) is 11.4. The summed E-state index contributed by atoms with van der Waals surface area (Å²) < 4.78 is 1.50. The normalized spacial score (nSPS) is 10.2. The van der Waals surface area contributed by atoms with Crippen LogP contribution in [0.1, 0.15) is 17.4 Å². The van der Waals surface area contributed by atoms with Gasteiger partial charge in [0, 0.05) is 7.05 Å². The Bertz CT molecular complexity index is 275. The molecule has 0 amide bonds. The first-order valence-corrected chi connectivity index (χ1v) is 4.60. The lowest BCUT2D eigenvalue weighted by Gasteiger charge is -1.99. The Balaban J connectivity index is 2.93. The standard InChI is InChI=1S/C7H11N3OS/c1-3-12-7(11)6-5(8)4-9-10(6)2/h4H,3,8H2,1-2H3. The molecule has 1 aromatic heterocycles. The maximum absolute atomic E-state index is 11.4. The van der Waals surface area contributed by atoms with Crippen LogP contribution in [0.25, 0.3) is 0 Å². The molecule has 12 heavy (non-hydrogen) atoms. The van der Waals surface area contributed by atoms with Crippen LogP contribution < -0.4 is 5.73 Å². The molecule has 2 N–H and O–H groups in total. The van der Waals surface area contributed by atoms with Gasteiger partial charge in [-0.25, -0.2) is 0 Å². The molecule has 1 aromatic rings.